The fourth-order valence-electron chi connectivity index (χ4n) is 2.26. The van der Waals surface area contributed by atoms with Crippen molar-refractivity contribution in [1.29, 1.82) is 0 Å². The van der Waals surface area contributed by atoms with Gasteiger partial charge in [0.1, 0.15) is 0 Å². The van der Waals surface area contributed by atoms with Crippen LogP contribution in [0.5, 0.6) is 0 Å². The number of rotatable bonds is 9. The van der Waals surface area contributed by atoms with Crippen LogP contribution in [0, 0.1) is 5.41 Å². The van der Waals surface area contributed by atoms with E-state index < -0.39 is 70.7 Å². The Morgan fingerprint density at radius 2 is 0.765 bits per heavy atom. The van der Waals surface area contributed by atoms with Gasteiger partial charge in [-0.15, -0.1) is 0 Å². The Hall–Kier alpha value is -1.98. The van der Waals surface area contributed by atoms with Crippen molar-refractivity contribution < 1.29 is 84.5 Å². The molecule has 0 aliphatic heterocycles. The molecule has 0 aliphatic carbocycles. The second-order valence-electron chi connectivity index (χ2n) is 7.37. The summed E-state index contributed by atoms with van der Waals surface area (Å²) in [5.74, 6) is -59.4. The molecule has 202 valence electrons. The Labute approximate surface area is 177 Å². The molecule has 0 aromatic rings. The summed E-state index contributed by atoms with van der Waals surface area (Å²) in [6, 6.07) is 0. The van der Waals surface area contributed by atoms with E-state index in [9.17, 15) is 79.4 Å². The van der Waals surface area contributed by atoms with Crippen LogP contribution < -0.4 is 0 Å². The fourth-order valence-corrected chi connectivity index (χ4v) is 2.26. The van der Waals surface area contributed by atoms with E-state index in [1.165, 1.54) is 0 Å². The van der Waals surface area contributed by atoms with Crippen molar-refractivity contribution in [1.82, 2.24) is 0 Å². The summed E-state index contributed by atoms with van der Waals surface area (Å²) in [4.78, 5) is 10.6. The molecule has 0 amide bonds. The Morgan fingerprint density at radius 3 is 1.00 bits per heavy atom. The minimum atomic E-state index is -8.71. The molecule has 0 saturated heterocycles. The number of carboxylic acid groups (broad SMARTS) is 1. The predicted molar refractivity (Wildman–Crippen MR) is 75.9 cm³/mol. The second-order valence-corrected chi connectivity index (χ2v) is 7.37. The van der Waals surface area contributed by atoms with Crippen molar-refractivity contribution in [3.05, 3.63) is 11.6 Å². The minimum Gasteiger partial charge on any atom is -0.478 e. The molecule has 0 aromatic carbocycles. The van der Waals surface area contributed by atoms with Crippen molar-refractivity contribution in [3.63, 3.8) is 0 Å². The van der Waals surface area contributed by atoms with Crippen molar-refractivity contribution in [3.8, 4) is 0 Å². The van der Waals surface area contributed by atoms with Crippen LogP contribution in [-0.2, 0) is 4.79 Å². The van der Waals surface area contributed by atoms with E-state index >= 15 is 0 Å². The zero-order valence-electron chi connectivity index (χ0n) is 16.4. The van der Waals surface area contributed by atoms with E-state index in [-0.39, 0.29) is 13.8 Å². The minimum absolute atomic E-state index is 0.216. The summed E-state index contributed by atoms with van der Waals surface area (Å²) in [7, 11) is 0. The molecule has 0 aromatic heterocycles. The summed E-state index contributed by atoms with van der Waals surface area (Å²) in [5.41, 5.74) is -5.29. The van der Waals surface area contributed by atoms with Gasteiger partial charge in [-0.3, -0.25) is 0 Å². The highest BCUT2D eigenvalue weighted by molar-refractivity contribution is 5.85. The zero-order chi connectivity index (χ0) is 28.4. The van der Waals surface area contributed by atoms with Crippen LogP contribution in [0.15, 0.2) is 11.6 Å². The average Bonchev–Trinajstić information content (AvgIpc) is 2.58. The van der Waals surface area contributed by atoms with Gasteiger partial charge in [0.15, 0.2) is 0 Å². The van der Waals surface area contributed by atoms with E-state index in [1.54, 1.807) is 0 Å². The quantitative estimate of drug-likeness (QED) is 0.249. The monoisotopic (exact) mass is 546 g/mol. The number of carbonyl (C=O) groups is 1. The number of carboxylic acids is 1. The maximum atomic E-state index is 14.2. The van der Waals surface area contributed by atoms with Crippen LogP contribution in [0.25, 0.3) is 0 Å². The smallest absolute Gasteiger partial charge is 0.460 e. The molecular weight excluding hydrogens is 535 g/mol. The molecular formula is C15H11F17O2. The summed E-state index contributed by atoms with van der Waals surface area (Å²) in [6.07, 6.45) is -8.26. The highest BCUT2D eigenvalue weighted by Gasteiger charge is 2.95. The van der Waals surface area contributed by atoms with Crippen molar-refractivity contribution >= 4 is 5.97 Å². The van der Waals surface area contributed by atoms with Crippen LogP contribution in [0.3, 0.4) is 0 Å². The molecule has 0 heterocycles. The van der Waals surface area contributed by atoms with E-state index in [2.05, 4.69) is 0 Å². The Balaban J connectivity index is 7.01. The van der Waals surface area contributed by atoms with Gasteiger partial charge in [0.05, 0.1) is 5.41 Å². The molecule has 0 atom stereocenters. The lowest BCUT2D eigenvalue weighted by atomic mass is 9.76. The molecule has 0 spiro atoms. The van der Waals surface area contributed by atoms with Gasteiger partial charge >= 0.3 is 53.6 Å². The summed E-state index contributed by atoms with van der Waals surface area (Å²) < 4.78 is 225. The Bertz CT molecular complexity index is 819. The van der Waals surface area contributed by atoms with E-state index in [1.807, 2.05) is 0 Å². The zero-order valence-corrected chi connectivity index (χ0v) is 16.4. The number of hydrogen-bond donors (Lipinski definition) is 1. The first kappa shape index (κ1) is 32.0. The van der Waals surface area contributed by atoms with E-state index in [4.69, 9.17) is 5.11 Å². The maximum absolute atomic E-state index is 14.2. The summed E-state index contributed by atoms with van der Waals surface area (Å²) in [6.45, 7) is -0.0444. The Kier molecular flexibility index (Phi) is 7.56. The highest BCUT2D eigenvalue weighted by atomic mass is 19.4. The van der Waals surface area contributed by atoms with Gasteiger partial charge in [-0.1, -0.05) is 19.9 Å². The molecule has 34 heavy (non-hydrogen) atoms. The molecule has 0 unspecified atom stereocenters. The number of allylic oxidation sites excluding steroid dienone is 1. The first-order chi connectivity index (χ1) is 14.3. The van der Waals surface area contributed by atoms with Gasteiger partial charge in [0, 0.05) is 5.57 Å². The maximum Gasteiger partial charge on any atom is 0.460 e. The third-order valence-electron chi connectivity index (χ3n) is 4.45. The Morgan fingerprint density at radius 1 is 0.529 bits per heavy atom. The number of alkyl halides is 17. The molecule has 1 N–H and O–H groups in total. The fraction of sp³-hybridized carbons (Fsp3) is 0.800. The first-order valence-electron chi connectivity index (χ1n) is 7.97. The van der Waals surface area contributed by atoms with Crippen LogP contribution >= 0.6 is 0 Å². The van der Waals surface area contributed by atoms with Crippen molar-refractivity contribution in [2.75, 3.05) is 0 Å². The number of aliphatic carboxylic acids is 1. The highest BCUT2D eigenvalue weighted by Crippen LogP contribution is 2.65. The lowest BCUT2D eigenvalue weighted by Gasteiger charge is -2.45. The predicted octanol–water partition coefficient (Wildman–Crippen LogP) is 7.05. The van der Waals surface area contributed by atoms with E-state index in [0.717, 1.165) is 0 Å². The molecule has 0 aliphatic rings. The number of halogens is 17. The molecule has 0 bridgehead atoms. The standard InChI is InChI=1S/C15H11F17O2/c1-5(6(33)34)4-7(2,3)8(16,17)9(18,19)10(20,21)11(22,23)12(24,25)13(26,27)14(28,29)15(30,31)32/h4H,1-3H3,(H,33,34). The van der Waals surface area contributed by atoms with Gasteiger partial charge in [-0.25, -0.2) is 4.79 Å². The first-order valence-corrected chi connectivity index (χ1v) is 7.97. The average molecular weight is 546 g/mol. The molecule has 0 radical (unpaired) electrons. The second kappa shape index (κ2) is 8.03. The van der Waals surface area contributed by atoms with Gasteiger partial charge in [0.2, 0.25) is 0 Å². The summed E-state index contributed by atoms with van der Waals surface area (Å²) in [5, 5.41) is 8.53. The van der Waals surface area contributed by atoms with Gasteiger partial charge in [0.25, 0.3) is 0 Å². The summed E-state index contributed by atoms with van der Waals surface area (Å²) >= 11 is 0. The SMILES string of the molecule is CC(=CC(C)(C)C(F)(F)C(F)(F)C(F)(F)C(F)(F)C(F)(F)C(F)(F)C(F)(F)C(F)(F)F)C(=O)O. The van der Waals surface area contributed by atoms with Crippen LogP contribution in [-0.4, -0.2) is 58.7 Å². The lowest BCUT2D eigenvalue weighted by molar-refractivity contribution is -0.464. The van der Waals surface area contributed by atoms with Crippen LogP contribution in [0.2, 0.25) is 0 Å². The topological polar surface area (TPSA) is 37.3 Å². The third-order valence-corrected chi connectivity index (χ3v) is 4.45. The van der Waals surface area contributed by atoms with Crippen LogP contribution in [0.4, 0.5) is 74.6 Å². The van der Waals surface area contributed by atoms with Gasteiger partial charge in [-0.2, -0.15) is 74.6 Å². The van der Waals surface area contributed by atoms with Crippen molar-refractivity contribution in [2.45, 2.75) is 68.4 Å². The third kappa shape index (κ3) is 4.05. The van der Waals surface area contributed by atoms with Crippen LogP contribution in [0.1, 0.15) is 20.8 Å². The van der Waals surface area contributed by atoms with Gasteiger partial charge in [-0.05, 0) is 6.92 Å². The normalized spacial score (nSPS) is 16.6. The number of hydrogen-bond acceptors (Lipinski definition) is 1. The molecule has 0 rings (SSSR count). The lowest BCUT2D eigenvalue weighted by Crippen LogP contribution is -2.75. The molecule has 19 heteroatoms. The van der Waals surface area contributed by atoms with Crippen molar-refractivity contribution in [2.24, 2.45) is 5.41 Å². The molecule has 0 saturated carbocycles. The van der Waals surface area contributed by atoms with Gasteiger partial charge < -0.3 is 5.11 Å². The molecule has 0 fully saturated rings. The van der Waals surface area contributed by atoms with E-state index in [0.29, 0.717) is 6.92 Å². The largest absolute Gasteiger partial charge is 0.478 e. The molecule has 2 nitrogen and oxygen atoms in total.